The molecule has 4 rings (SSSR count). The molecule has 0 bridgehead atoms. The van der Waals surface area contributed by atoms with Crippen molar-refractivity contribution in [2.75, 3.05) is 12.4 Å². The SMILES string of the molecule is COc1cccc(-c2cc(C(=O)Nc3nn(Cc4ccc(F)cc4)cc3Cl)[nH]n2)c1. The van der Waals surface area contributed by atoms with Crippen molar-refractivity contribution in [3.63, 3.8) is 0 Å². The van der Waals surface area contributed by atoms with Crippen LogP contribution in [0.15, 0.2) is 60.8 Å². The molecule has 0 saturated carbocycles. The Balaban J connectivity index is 1.47. The maximum Gasteiger partial charge on any atom is 0.274 e. The van der Waals surface area contributed by atoms with Crippen LogP contribution in [0.2, 0.25) is 5.02 Å². The van der Waals surface area contributed by atoms with Gasteiger partial charge in [-0.1, -0.05) is 35.9 Å². The lowest BCUT2D eigenvalue weighted by Crippen LogP contribution is -2.13. The highest BCUT2D eigenvalue weighted by atomic mass is 35.5. The number of carbonyl (C=O) groups excluding carboxylic acids is 1. The number of anilines is 1. The zero-order valence-electron chi connectivity index (χ0n) is 15.9. The fraction of sp³-hybridized carbons (Fsp3) is 0.0952. The molecule has 0 aliphatic heterocycles. The van der Waals surface area contributed by atoms with Crippen LogP contribution in [-0.4, -0.2) is 33.0 Å². The van der Waals surface area contributed by atoms with E-state index in [1.54, 1.807) is 36.2 Å². The summed E-state index contributed by atoms with van der Waals surface area (Å²) in [4.78, 5) is 12.6. The standard InChI is InChI=1S/C21H17ClFN5O2/c1-30-16-4-2-3-14(9-16)18-10-19(26-25-18)21(29)24-20-17(22)12-28(27-20)11-13-5-7-15(23)8-6-13/h2-10,12H,11H2,1H3,(H,25,26)(H,24,27,29). The van der Waals surface area contributed by atoms with E-state index in [4.69, 9.17) is 16.3 Å². The predicted octanol–water partition coefficient (Wildman–Crippen LogP) is 4.37. The Kier molecular flexibility index (Phi) is 5.49. The smallest absolute Gasteiger partial charge is 0.274 e. The van der Waals surface area contributed by atoms with E-state index in [1.165, 1.54) is 12.1 Å². The Labute approximate surface area is 176 Å². The van der Waals surface area contributed by atoms with Crippen molar-refractivity contribution in [2.24, 2.45) is 0 Å². The second-order valence-electron chi connectivity index (χ2n) is 6.50. The Morgan fingerprint density at radius 2 is 2.03 bits per heavy atom. The van der Waals surface area contributed by atoms with Crippen molar-refractivity contribution in [2.45, 2.75) is 6.54 Å². The van der Waals surface area contributed by atoms with E-state index in [0.717, 1.165) is 11.1 Å². The summed E-state index contributed by atoms with van der Waals surface area (Å²) in [6.45, 7) is 0.389. The lowest BCUT2D eigenvalue weighted by molar-refractivity contribution is 0.102. The molecular weight excluding hydrogens is 409 g/mol. The number of nitrogens with zero attached hydrogens (tertiary/aromatic N) is 3. The fourth-order valence-electron chi connectivity index (χ4n) is 2.88. The van der Waals surface area contributed by atoms with Crippen molar-refractivity contribution in [1.29, 1.82) is 0 Å². The third kappa shape index (κ3) is 4.33. The van der Waals surface area contributed by atoms with Gasteiger partial charge in [0.15, 0.2) is 5.82 Å². The van der Waals surface area contributed by atoms with E-state index in [9.17, 15) is 9.18 Å². The maximum atomic E-state index is 13.0. The molecule has 7 nitrogen and oxygen atoms in total. The first-order valence-corrected chi connectivity index (χ1v) is 9.38. The van der Waals surface area contributed by atoms with E-state index < -0.39 is 5.91 Å². The van der Waals surface area contributed by atoms with Gasteiger partial charge in [0, 0.05) is 11.8 Å². The minimum Gasteiger partial charge on any atom is -0.497 e. The first kappa shape index (κ1) is 19.7. The van der Waals surface area contributed by atoms with Crippen LogP contribution >= 0.6 is 11.6 Å². The summed E-state index contributed by atoms with van der Waals surface area (Å²) in [5.41, 5.74) is 2.53. The van der Waals surface area contributed by atoms with Gasteiger partial charge in [0.05, 0.1) is 19.3 Å². The van der Waals surface area contributed by atoms with Crippen molar-refractivity contribution in [3.8, 4) is 17.0 Å². The number of H-pyrrole nitrogens is 1. The molecule has 2 aromatic heterocycles. The minimum atomic E-state index is -0.425. The number of halogens is 2. The highest BCUT2D eigenvalue weighted by Crippen LogP contribution is 2.24. The molecule has 2 aromatic carbocycles. The summed E-state index contributed by atoms with van der Waals surface area (Å²) in [5, 5.41) is 14.2. The van der Waals surface area contributed by atoms with Gasteiger partial charge in [-0.15, -0.1) is 0 Å². The molecule has 2 N–H and O–H groups in total. The van der Waals surface area contributed by atoms with E-state index in [-0.39, 0.29) is 22.4 Å². The summed E-state index contributed by atoms with van der Waals surface area (Å²) >= 11 is 6.20. The average Bonchev–Trinajstić information content (AvgIpc) is 3.37. The third-order valence-electron chi connectivity index (χ3n) is 4.39. The van der Waals surface area contributed by atoms with Gasteiger partial charge in [-0.2, -0.15) is 10.2 Å². The van der Waals surface area contributed by atoms with Gasteiger partial charge in [-0.25, -0.2) is 4.39 Å². The quantitative estimate of drug-likeness (QED) is 0.480. The van der Waals surface area contributed by atoms with E-state index in [0.29, 0.717) is 18.0 Å². The fourth-order valence-corrected chi connectivity index (χ4v) is 3.08. The van der Waals surface area contributed by atoms with E-state index in [2.05, 4.69) is 20.6 Å². The molecule has 0 fully saturated rings. The number of ether oxygens (including phenoxy) is 1. The lowest BCUT2D eigenvalue weighted by Gasteiger charge is -2.02. The van der Waals surface area contributed by atoms with Crippen LogP contribution in [0.5, 0.6) is 5.75 Å². The molecule has 2 heterocycles. The molecule has 9 heteroatoms. The number of hydrogen-bond acceptors (Lipinski definition) is 4. The normalized spacial score (nSPS) is 10.8. The van der Waals surface area contributed by atoms with Crippen LogP contribution in [0.25, 0.3) is 11.3 Å². The Morgan fingerprint density at radius 3 is 2.80 bits per heavy atom. The highest BCUT2D eigenvalue weighted by molar-refractivity contribution is 6.33. The number of aromatic nitrogens is 4. The van der Waals surface area contributed by atoms with Gasteiger partial charge < -0.3 is 10.1 Å². The largest absolute Gasteiger partial charge is 0.497 e. The van der Waals surface area contributed by atoms with E-state index >= 15 is 0 Å². The van der Waals surface area contributed by atoms with Gasteiger partial charge in [-0.05, 0) is 35.9 Å². The number of carbonyl (C=O) groups is 1. The molecule has 152 valence electrons. The number of hydrogen-bond donors (Lipinski definition) is 2. The average molecular weight is 426 g/mol. The topological polar surface area (TPSA) is 84.8 Å². The molecule has 0 aliphatic carbocycles. The van der Waals surface area contributed by atoms with Crippen molar-refractivity contribution in [1.82, 2.24) is 20.0 Å². The van der Waals surface area contributed by atoms with E-state index in [1.807, 2.05) is 24.3 Å². The highest BCUT2D eigenvalue weighted by Gasteiger charge is 2.15. The van der Waals surface area contributed by atoms with Crippen LogP contribution in [0.1, 0.15) is 16.1 Å². The number of nitrogens with one attached hydrogen (secondary N) is 2. The van der Waals surface area contributed by atoms with Gasteiger partial charge >= 0.3 is 0 Å². The Bertz CT molecular complexity index is 1190. The lowest BCUT2D eigenvalue weighted by atomic mass is 10.1. The van der Waals surface area contributed by atoms with Gasteiger partial charge in [0.25, 0.3) is 5.91 Å². The molecule has 0 saturated heterocycles. The third-order valence-corrected chi connectivity index (χ3v) is 4.67. The van der Waals surface area contributed by atoms with Crippen LogP contribution in [0, 0.1) is 5.82 Å². The second-order valence-corrected chi connectivity index (χ2v) is 6.91. The van der Waals surface area contributed by atoms with Gasteiger partial charge in [0.1, 0.15) is 22.3 Å². The monoisotopic (exact) mass is 425 g/mol. The second kappa shape index (κ2) is 8.38. The molecule has 4 aromatic rings. The summed E-state index contributed by atoms with van der Waals surface area (Å²) in [5.74, 6) is 0.185. The molecule has 0 unspecified atom stereocenters. The minimum absolute atomic E-state index is 0.223. The first-order chi connectivity index (χ1) is 14.5. The first-order valence-electron chi connectivity index (χ1n) is 9.00. The van der Waals surface area contributed by atoms with Gasteiger partial charge in [0.2, 0.25) is 0 Å². The number of benzene rings is 2. The summed E-state index contributed by atoms with van der Waals surface area (Å²) < 4.78 is 19.8. The zero-order valence-corrected chi connectivity index (χ0v) is 16.7. The van der Waals surface area contributed by atoms with Crippen molar-refractivity contribution >= 4 is 23.3 Å². The van der Waals surface area contributed by atoms with Crippen LogP contribution < -0.4 is 10.1 Å². The number of methoxy groups -OCH3 is 1. The number of aromatic amines is 1. The molecule has 0 spiro atoms. The summed E-state index contributed by atoms with van der Waals surface area (Å²) in [6, 6.07) is 15.1. The van der Waals surface area contributed by atoms with Crippen molar-refractivity contribution in [3.05, 3.63) is 82.9 Å². The van der Waals surface area contributed by atoms with Gasteiger partial charge in [-0.3, -0.25) is 14.6 Å². The molecule has 30 heavy (non-hydrogen) atoms. The summed E-state index contributed by atoms with van der Waals surface area (Å²) in [6.07, 6.45) is 1.59. The Hall–Kier alpha value is -3.65. The molecule has 1 amide bonds. The Morgan fingerprint density at radius 1 is 1.23 bits per heavy atom. The molecule has 0 atom stereocenters. The zero-order chi connectivity index (χ0) is 21.1. The number of rotatable bonds is 6. The van der Waals surface area contributed by atoms with Crippen molar-refractivity contribution < 1.29 is 13.9 Å². The van der Waals surface area contributed by atoms with Crippen LogP contribution in [0.4, 0.5) is 10.2 Å². The maximum absolute atomic E-state index is 13.0. The van der Waals surface area contributed by atoms with Crippen LogP contribution in [-0.2, 0) is 6.54 Å². The molecular formula is C21H17ClFN5O2. The molecule has 0 radical (unpaired) electrons. The van der Waals surface area contributed by atoms with Crippen LogP contribution in [0.3, 0.4) is 0 Å². The summed E-state index contributed by atoms with van der Waals surface area (Å²) in [7, 11) is 1.58. The predicted molar refractivity (Wildman–Crippen MR) is 111 cm³/mol. The number of amides is 1. The molecule has 0 aliphatic rings.